The van der Waals surface area contributed by atoms with Gasteiger partial charge in [-0.25, -0.2) is 0 Å². The molecule has 1 aromatic carbocycles. The number of hydrogen-bond donors (Lipinski definition) is 2. The van der Waals surface area contributed by atoms with Crippen LogP contribution in [0.15, 0.2) is 23.2 Å². The zero-order chi connectivity index (χ0) is 15.5. The van der Waals surface area contributed by atoms with E-state index in [2.05, 4.69) is 54.6 Å². The van der Waals surface area contributed by atoms with E-state index in [1.54, 1.807) is 7.11 Å². The lowest BCUT2D eigenvalue weighted by Gasteiger charge is -2.12. The second kappa shape index (κ2) is 10.2. The molecule has 0 amide bonds. The fraction of sp³-hybridized carbons (Fsp3) is 0.588. The molecule has 2 N–H and O–H groups in total. The van der Waals surface area contributed by atoms with Crippen LogP contribution in [-0.4, -0.2) is 39.3 Å². The molecule has 1 rings (SSSR count). The molecule has 0 bridgehead atoms. The van der Waals surface area contributed by atoms with Crippen molar-refractivity contribution in [3.05, 3.63) is 34.9 Å². The lowest BCUT2D eigenvalue weighted by molar-refractivity contribution is 0.197. The highest BCUT2D eigenvalue weighted by Gasteiger charge is 2.00. The Hall–Kier alpha value is -1.55. The minimum Gasteiger partial charge on any atom is -0.385 e. The van der Waals surface area contributed by atoms with E-state index >= 15 is 0 Å². The number of benzene rings is 1. The lowest BCUT2D eigenvalue weighted by Crippen LogP contribution is -2.38. The van der Waals surface area contributed by atoms with Crippen LogP contribution in [0, 0.1) is 13.8 Å². The SMILES string of the molecule is CCNC(=NCCCOC)NCCc1ccc(C)cc1C. The molecule has 0 aliphatic rings. The number of rotatable bonds is 8. The van der Waals surface area contributed by atoms with Gasteiger partial charge >= 0.3 is 0 Å². The van der Waals surface area contributed by atoms with Gasteiger partial charge in [0.2, 0.25) is 0 Å². The second-order valence-corrected chi connectivity index (χ2v) is 5.21. The number of nitrogens with one attached hydrogen (secondary N) is 2. The van der Waals surface area contributed by atoms with Crippen molar-refractivity contribution in [1.29, 1.82) is 0 Å². The van der Waals surface area contributed by atoms with E-state index < -0.39 is 0 Å². The molecule has 0 aromatic heterocycles. The van der Waals surface area contributed by atoms with E-state index in [4.69, 9.17) is 4.74 Å². The van der Waals surface area contributed by atoms with Gasteiger partial charge in [0.25, 0.3) is 0 Å². The van der Waals surface area contributed by atoms with Gasteiger partial charge in [0.05, 0.1) is 0 Å². The predicted molar refractivity (Wildman–Crippen MR) is 90.1 cm³/mol. The average molecular weight is 291 g/mol. The molecule has 1 aromatic rings. The average Bonchev–Trinajstić information content (AvgIpc) is 2.45. The van der Waals surface area contributed by atoms with Crippen molar-refractivity contribution >= 4 is 5.96 Å². The minimum atomic E-state index is 0.755. The van der Waals surface area contributed by atoms with E-state index in [1.165, 1.54) is 16.7 Å². The Balaban J connectivity index is 2.42. The Bertz CT molecular complexity index is 444. The lowest BCUT2D eigenvalue weighted by atomic mass is 10.0. The smallest absolute Gasteiger partial charge is 0.191 e. The maximum Gasteiger partial charge on any atom is 0.191 e. The number of aryl methyl sites for hydroxylation is 2. The first-order chi connectivity index (χ1) is 10.2. The summed E-state index contributed by atoms with van der Waals surface area (Å²) in [5.41, 5.74) is 4.07. The summed E-state index contributed by atoms with van der Waals surface area (Å²) in [5, 5.41) is 6.65. The molecule has 118 valence electrons. The Labute approximate surface area is 129 Å². The van der Waals surface area contributed by atoms with Crippen LogP contribution in [0.25, 0.3) is 0 Å². The molecule has 0 aliphatic heterocycles. The van der Waals surface area contributed by atoms with Gasteiger partial charge in [-0.1, -0.05) is 23.8 Å². The van der Waals surface area contributed by atoms with Crippen LogP contribution in [0.4, 0.5) is 0 Å². The van der Waals surface area contributed by atoms with Crippen molar-refractivity contribution in [3.63, 3.8) is 0 Å². The van der Waals surface area contributed by atoms with Crippen molar-refractivity contribution in [1.82, 2.24) is 10.6 Å². The van der Waals surface area contributed by atoms with Crippen molar-refractivity contribution in [2.24, 2.45) is 4.99 Å². The van der Waals surface area contributed by atoms with Crippen LogP contribution in [0.2, 0.25) is 0 Å². The number of methoxy groups -OCH3 is 1. The maximum atomic E-state index is 5.04. The number of ether oxygens (including phenoxy) is 1. The molecule has 0 saturated heterocycles. The zero-order valence-electron chi connectivity index (χ0n) is 13.8. The number of guanidine groups is 1. The molecule has 21 heavy (non-hydrogen) atoms. The number of hydrogen-bond acceptors (Lipinski definition) is 2. The largest absolute Gasteiger partial charge is 0.385 e. The maximum absolute atomic E-state index is 5.04. The minimum absolute atomic E-state index is 0.755. The van der Waals surface area contributed by atoms with Gasteiger partial charge in [-0.05, 0) is 44.7 Å². The first-order valence-corrected chi connectivity index (χ1v) is 7.74. The molecular weight excluding hydrogens is 262 g/mol. The van der Waals surface area contributed by atoms with Crippen LogP contribution in [-0.2, 0) is 11.2 Å². The van der Waals surface area contributed by atoms with Crippen molar-refractivity contribution in [3.8, 4) is 0 Å². The second-order valence-electron chi connectivity index (χ2n) is 5.21. The Kier molecular flexibility index (Phi) is 8.51. The topological polar surface area (TPSA) is 45.7 Å². The summed E-state index contributed by atoms with van der Waals surface area (Å²) >= 11 is 0. The van der Waals surface area contributed by atoms with Gasteiger partial charge in [-0.3, -0.25) is 4.99 Å². The Morgan fingerprint density at radius 2 is 2.05 bits per heavy atom. The monoisotopic (exact) mass is 291 g/mol. The zero-order valence-corrected chi connectivity index (χ0v) is 13.8. The molecule has 0 saturated carbocycles. The normalized spacial score (nSPS) is 11.5. The molecular formula is C17H29N3O. The summed E-state index contributed by atoms with van der Waals surface area (Å²) in [6.07, 6.45) is 1.96. The van der Waals surface area contributed by atoms with Crippen LogP contribution >= 0.6 is 0 Å². The van der Waals surface area contributed by atoms with Crippen molar-refractivity contribution in [2.75, 3.05) is 33.4 Å². The van der Waals surface area contributed by atoms with E-state index in [-0.39, 0.29) is 0 Å². The highest BCUT2D eigenvalue weighted by Crippen LogP contribution is 2.10. The van der Waals surface area contributed by atoms with Crippen molar-refractivity contribution < 1.29 is 4.74 Å². The van der Waals surface area contributed by atoms with E-state index in [1.807, 2.05) is 0 Å². The van der Waals surface area contributed by atoms with Gasteiger partial charge < -0.3 is 15.4 Å². The molecule has 0 unspecified atom stereocenters. The standard InChI is InChI=1S/C17H29N3O/c1-5-18-17(19-10-6-12-21-4)20-11-9-16-8-7-14(2)13-15(16)3/h7-8,13H,5-6,9-12H2,1-4H3,(H2,18,19,20). The van der Waals surface area contributed by atoms with Crippen molar-refractivity contribution in [2.45, 2.75) is 33.6 Å². The first-order valence-electron chi connectivity index (χ1n) is 7.74. The van der Waals surface area contributed by atoms with Crippen LogP contribution in [0.1, 0.15) is 30.0 Å². The third-order valence-corrected chi connectivity index (χ3v) is 3.31. The Morgan fingerprint density at radius 3 is 2.71 bits per heavy atom. The number of aliphatic imine (C=N–C) groups is 1. The van der Waals surface area contributed by atoms with E-state index in [0.717, 1.165) is 45.0 Å². The predicted octanol–water partition coefficient (Wildman–Crippen LogP) is 2.44. The molecule has 0 atom stereocenters. The van der Waals surface area contributed by atoms with E-state index in [9.17, 15) is 0 Å². The first kappa shape index (κ1) is 17.5. The van der Waals surface area contributed by atoms with Gasteiger partial charge in [-0.2, -0.15) is 0 Å². The summed E-state index contributed by atoms with van der Waals surface area (Å²) in [6.45, 7) is 9.69. The highest BCUT2D eigenvalue weighted by molar-refractivity contribution is 5.79. The number of nitrogens with zero attached hydrogens (tertiary/aromatic N) is 1. The fourth-order valence-electron chi connectivity index (χ4n) is 2.18. The molecule has 4 heteroatoms. The third kappa shape index (κ3) is 7.14. The molecule has 0 spiro atoms. The van der Waals surface area contributed by atoms with Crippen LogP contribution < -0.4 is 10.6 Å². The van der Waals surface area contributed by atoms with Gasteiger partial charge in [-0.15, -0.1) is 0 Å². The summed E-state index contributed by atoms with van der Waals surface area (Å²) < 4.78 is 5.04. The summed E-state index contributed by atoms with van der Waals surface area (Å²) in [6, 6.07) is 6.63. The van der Waals surface area contributed by atoms with E-state index in [0.29, 0.717) is 0 Å². The van der Waals surface area contributed by atoms with Crippen LogP contribution in [0.5, 0.6) is 0 Å². The molecule has 0 aliphatic carbocycles. The fourth-order valence-corrected chi connectivity index (χ4v) is 2.18. The summed E-state index contributed by atoms with van der Waals surface area (Å²) in [7, 11) is 1.72. The molecule has 0 fully saturated rings. The van der Waals surface area contributed by atoms with Gasteiger partial charge in [0, 0.05) is 33.4 Å². The summed E-state index contributed by atoms with van der Waals surface area (Å²) in [5.74, 6) is 0.887. The van der Waals surface area contributed by atoms with Crippen LogP contribution in [0.3, 0.4) is 0 Å². The highest BCUT2D eigenvalue weighted by atomic mass is 16.5. The molecule has 0 heterocycles. The summed E-state index contributed by atoms with van der Waals surface area (Å²) in [4.78, 5) is 4.53. The molecule has 0 radical (unpaired) electrons. The Morgan fingerprint density at radius 1 is 1.24 bits per heavy atom. The third-order valence-electron chi connectivity index (χ3n) is 3.31. The molecule has 4 nitrogen and oxygen atoms in total. The quantitative estimate of drug-likeness (QED) is 0.439. The van der Waals surface area contributed by atoms with Gasteiger partial charge in [0.1, 0.15) is 0 Å². The van der Waals surface area contributed by atoms with Gasteiger partial charge in [0.15, 0.2) is 5.96 Å².